The van der Waals surface area contributed by atoms with Crippen LogP contribution in [-0.4, -0.2) is 55.4 Å². The van der Waals surface area contributed by atoms with Crippen LogP contribution < -0.4 is 10.6 Å². The molecule has 5 aliphatic carbocycles. The largest absolute Gasteiger partial charge is 0.393 e. The molecule has 0 aromatic carbocycles. The quantitative estimate of drug-likeness (QED) is 0.274. The van der Waals surface area contributed by atoms with Crippen molar-refractivity contribution in [3.8, 4) is 0 Å². The van der Waals surface area contributed by atoms with Crippen molar-refractivity contribution in [2.45, 2.75) is 51.9 Å². The van der Waals surface area contributed by atoms with Crippen molar-refractivity contribution in [3.05, 3.63) is 23.9 Å². The fourth-order valence-corrected chi connectivity index (χ4v) is 9.08. The van der Waals surface area contributed by atoms with Gasteiger partial charge >= 0.3 is 0 Å². The zero-order valence-electron chi connectivity index (χ0n) is 20.3. The van der Waals surface area contributed by atoms with Crippen LogP contribution in [0.25, 0.3) is 0 Å². The van der Waals surface area contributed by atoms with Crippen LogP contribution in [0.5, 0.6) is 0 Å². The molecule has 5 N–H and O–H groups in total. The summed E-state index contributed by atoms with van der Waals surface area (Å²) in [4.78, 5) is 2.82. The van der Waals surface area contributed by atoms with Gasteiger partial charge in [-0.2, -0.15) is 0 Å². The third-order valence-corrected chi connectivity index (χ3v) is 10.7. The van der Waals surface area contributed by atoms with E-state index in [9.17, 15) is 0 Å². The Labute approximate surface area is 198 Å². The van der Waals surface area contributed by atoms with Crippen LogP contribution in [0, 0.1) is 56.1 Å². The molecule has 33 heavy (non-hydrogen) atoms. The van der Waals surface area contributed by atoms with Gasteiger partial charge in [0.1, 0.15) is 5.84 Å². The molecule has 6 aliphatic rings. The van der Waals surface area contributed by atoms with Gasteiger partial charge in [-0.05, 0) is 117 Å². The Kier molecular flexibility index (Phi) is 4.75. The first-order valence-electron chi connectivity index (χ1n) is 13.1. The molecule has 1 aliphatic heterocycles. The summed E-state index contributed by atoms with van der Waals surface area (Å²) in [6.45, 7) is 6.51. The molecule has 6 heteroatoms. The van der Waals surface area contributed by atoms with Crippen molar-refractivity contribution in [2.24, 2.45) is 39.9 Å². The van der Waals surface area contributed by atoms with E-state index < -0.39 is 0 Å². The lowest BCUT2D eigenvalue weighted by atomic mass is 9.41. The maximum absolute atomic E-state index is 8.21. The van der Waals surface area contributed by atoms with Gasteiger partial charge in [-0.3, -0.25) is 5.41 Å². The maximum atomic E-state index is 8.21. The van der Waals surface area contributed by atoms with Crippen molar-refractivity contribution in [1.82, 2.24) is 15.5 Å². The molecule has 5 saturated carbocycles. The number of nitrogens with zero attached hydrogens (tertiary/aromatic N) is 1. The van der Waals surface area contributed by atoms with Gasteiger partial charge in [0.2, 0.25) is 0 Å². The molecule has 0 bridgehead atoms. The Morgan fingerprint density at radius 3 is 2.52 bits per heavy atom. The van der Waals surface area contributed by atoms with Crippen molar-refractivity contribution < 1.29 is 0 Å². The summed E-state index contributed by atoms with van der Waals surface area (Å²) in [5, 5.41) is 30.3. The lowest BCUT2D eigenvalue weighted by Crippen LogP contribution is -2.61. The predicted octanol–water partition coefficient (Wildman–Crippen LogP) is 3.81. The van der Waals surface area contributed by atoms with E-state index in [1.165, 1.54) is 38.9 Å². The average molecular weight is 449 g/mol. The van der Waals surface area contributed by atoms with Crippen molar-refractivity contribution in [1.29, 1.82) is 16.2 Å². The van der Waals surface area contributed by atoms with E-state index in [1.54, 1.807) is 58.0 Å². The Morgan fingerprint density at radius 2 is 1.82 bits per heavy atom. The molecule has 178 valence electrons. The third-order valence-electron chi connectivity index (χ3n) is 10.7. The Morgan fingerprint density at radius 1 is 1.03 bits per heavy atom. The third kappa shape index (κ3) is 3.27. The average Bonchev–Trinajstić information content (AvgIpc) is 3.63. The minimum atomic E-state index is 0.253. The topological polar surface area (TPSA) is 98.9 Å². The molecule has 2 spiro atoms. The highest BCUT2D eigenvalue weighted by Gasteiger charge is 2.83. The van der Waals surface area contributed by atoms with Crippen molar-refractivity contribution in [3.63, 3.8) is 0 Å². The van der Waals surface area contributed by atoms with Crippen LogP contribution in [0.1, 0.15) is 51.9 Å². The van der Waals surface area contributed by atoms with Crippen LogP contribution in [0.2, 0.25) is 0 Å². The smallest absolute Gasteiger partial charge is 0.118 e. The molecule has 0 amide bonds. The summed E-state index contributed by atoms with van der Waals surface area (Å²) in [6.07, 6.45) is 15.2. The molecular weight excluding hydrogens is 408 g/mol. The number of hydrogen-bond acceptors (Lipinski definition) is 5. The van der Waals surface area contributed by atoms with Gasteiger partial charge in [0.05, 0.1) is 5.71 Å². The van der Waals surface area contributed by atoms with Crippen LogP contribution >= 0.6 is 0 Å². The van der Waals surface area contributed by atoms with E-state index >= 15 is 0 Å². The van der Waals surface area contributed by atoms with Crippen molar-refractivity contribution in [2.75, 3.05) is 33.2 Å². The number of nitrogens with one attached hydrogen (secondary N) is 5. The highest BCUT2D eigenvalue weighted by Crippen LogP contribution is 2.89. The molecule has 6 rings (SSSR count). The fraction of sp³-hybridized carbons (Fsp3) is 0.741. The highest BCUT2D eigenvalue weighted by atomic mass is 15.2. The minimum absolute atomic E-state index is 0.253. The van der Waals surface area contributed by atoms with Gasteiger partial charge < -0.3 is 26.4 Å². The van der Waals surface area contributed by atoms with Gasteiger partial charge in [0.15, 0.2) is 0 Å². The van der Waals surface area contributed by atoms with E-state index in [0.29, 0.717) is 28.5 Å². The van der Waals surface area contributed by atoms with Crippen LogP contribution in [-0.2, 0) is 0 Å². The zero-order chi connectivity index (χ0) is 23.0. The highest BCUT2D eigenvalue weighted by molar-refractivity contribution is 6.26. The second kappa shape index (κ2) is 7.27. The fourth-order valence-electron chi connectivity index (χ4n) is 9.08. The predicted molar refractivity (Wildman–Crippen MR) is 133 cm³/mol. The van der Waals surface area contributed by atoms with E-state index in [0.717, 1.165) is 35.1 Å². The summed E-state index contributed by atoms with van der Waals surface area (Å²) in [7, 11) is 1.77. The molecular formula is C27H40N6. The number of piperidine rings is 1. The Hall–Kier alpha value is -1.95. The van der Waals surface area contributed by atoms with Gasteiger partial charge in [-0.1, -0.05) is 0 Å². The number of rotatable bonds is 9. The van der Waals surface area contributed by atoms with E-state index in [-0.39, 0.29) is 5.71 Å². The monoisotopic (exact) mass is 448 g/mol. The van der Waals surface area contributed by atoms with Crippen molar-refractivity contribution >= 4 is 17.3 Å². The van der Waals surface area contributed by atoms with Crippen LogP contribution in [0.4, 0.5) is 0 Å². The van der Waals surface area contributed by atoms with E-state index in [2.05, 4.69) is 15.5 Å². The molecule has 6 fully saturated rings. The number of amidine groups is 1. The summed E-state index contributed by atoms with van der Waals surface area (Å²) in [6, 6.07) is 0. The lowest BCUT2D eigenvalue weighted by Gasteiger charge is -2.65. The first-order valence-corrected chi connectivity index (χ1v) is 13.1. The molecule has 6 atom stereocenters. The first-order chi connectivity index (χ1) is 15.8. The lowest BCUT2D eigenvalue weighted by molar-refractivity contribution is -0.162. The summed E-state index contributed by atoms with van der Waals surface area (Å²) >= 11 is 0. The van der Waals surface area contributed by atoms with Crippen LogP contribution in [0.15, 0.2) is 23.9 Å². The molecule has 1 saturated heterocycles. The Balaban J connectivity index is 0.936. The summed E-state index contributed by atoms with van der Waals surface area (Å²) in [5.41, 5.74) is 3.27. The molecule has 0 aromatic rings. The van der Waals surface area contributed by atoms with Gasteiger partial charge in [-0.15, -0.1) is 0 Å². The SMILES string of the molecule is CN/C=C(\C(C)=N)C(=N)/C=C\C(=N)NCC1CC12CCN(CC13CC4CC5(CC5C1)C43)CC2. The molecule has 0 aromatic heterocycles. The number of hydrogen-bond donors (Lipinski definition) is 5. The normalized spacial score (nSPS) is 41.6. The number of likely N-dealkylation sites (tertiary alicyclic amines) is 1. The second-order valence-corrected chi connectivity index (χ2v) is 12.4. The summed E-state index contributed by atoms with van der Waals surface area (Å²) < 4.78 is 0. The van der Waals surface area contributed by atoms with E-state index in [4.69, 9.17) is 16.2 Å². The van der Waals surface area contributed by atoms with Crippen LogP contribution in [0.3, 0.4) is 0 Å². The Bertz CT molecular complexity index is 956. The first kappa shape index (κ1) is 21.6. The van der Waals surface area contributed by atoms with Gasteiger partial charge in [0, 0.05) is 37.6 Å². The standard InChI is InChI=1S/C27H40N6/c1-17(28)21(15-31-2)22(29)3-4-23(30)32-14-20-12-25(20)5-7-33(8-6-25)16-26-9-18-10-27(24(18)26)13-19(27)11-26/h3-4,15,18-20,24,28-29,31H,5-14,16H2,1-2H3,(H2,30,32)/b4-3-,21-15+,28-17?,29-22?. The number of allylic oxidation sites excluding steroid dienone is 2. The molecule has 1 heterocycles. The summed E-state index contributed by atoms with van der Waals surface area (Å²) in [5.74, 6) is 4.40. The molecule has 6 nitrogen and oxygen atoms in total. The molecule has 0 radical (unpaired) electrons. The van der Waals surface area contributed by atoms with Gasteiger partial charge in [-0.25, -0.2) is 0 Å². The maximum Gasteiger partial charge on any atom is 0.118 e. The zero-order valence-corrected chi connectivity index (χ0v) is 20.3. The molecule has 6 unspecified atom stereocenters. The van der Waals surface area contributed by atoms with Gasteiger partial charge in [0.25, 0.3) is 0 Å². The minimum Gasteiger partial charge on any atom is -0.393 e. The second-order valence-electron chi connectivity index (χ2n) is 12.4. The van der Waals surface area contributed by atoms with E-state index in [1.807, 2.05) is 0 Å².